The van der Waals surface area contributed by atoms with Crippen molar-refractivity contribution in [3.05, 3.63) is 57.6 Å². The quantitative estimate of drug-likeness (QED) is 0.893. The van der Waals surface area contributed by atoms with Gasteiger partial charge in [0.2, 0.25) is 5.91 Å². The van der Waals surface area contributed by atoms with E-state index in [1.165, 1.54) is 0 Å². The van der Waals surface area contributed by atoms with Gasteiger partial charge in [0.1, 0.15) is 5.75 Å². The minimum absolute atomic E-state index is 0.108. The van der Waals surface area contributed by atoms with Crippen molar-refractivity contribution in [2.24, 2.45) is 0 Å². The molecule has 2 aromatic carbocycles. The Kier molecular flexibility index (Phi) is 4.45. The van der Waals surface area contributed by atoms with Crippen LogP contribution in [-0.2, 0) is 11.2 Å². The molecule has 0 atom stereocenters. The molecule has 3 nitrogen and oxygen atoms in total. The van der Waals surface area contributed by atoms with Gasteiger partial charge >= 0.3 is 0 Å². The summed E-state index contributed by atoms with van der Waals surface area (Å²) in [6, 6.07) is 10.7. The molecule has 20 heavy (non-hydrogen) atoms. The van der Waals surface area contributed by atoms with Crippen LogP contribution in [0.1, 0.15) is 16.7 Å². The standard InChI is InChI=1S/C16H16BrNO2/c1-10-6-11(2)16(14(17)7-10)18-15(20)9-12-4-3-5-13(19)8-12/h3-8,19H,9H2,1-2H3,(H,18,20). The Bertz CT molecular complexity index is 630. The van der Waals surface area contributed by atoms with Gasteiger partial charge in [0.25, 0.3) is 0 Å². The zero-order valence-electron chi connectivity index (χ0n) is 11.4. The van der Waals surface area contributed by atoms with E-state index in [0.29, 0.717) is 0 Å². The Morgan fingerprint density at radius 1 is 1.25 bits per heavy atom. The largest absolute Gasteiger partial charge is 0.508 e. The second-order valence-corrected chi connectivity index (χ2v) is 5.69. The third-order valence-corrected chi connectivity index (χ3v) is 3.60. The summed E-state index contributed by atoms with van der Waals surface area (Å²) >= 11 is 3.47. The molecule has 0 aliphatic heterocycles. The smallest absolute Gasteiger partial charge is 0.228 e. The first-order chi connectivity index (χ1) is 9.45. The number of rotatable bonds is 3. The fourth-order valence-corrected chi connectivity index (χ4v) is 2.88. The first-order valence-electron chi connectivity index (χ1n) is 6.30. The summed E-state index contributed by atoms with van der Waals surface area (Å²) in [7, 11) is 0. The Morgan fingerprint density at radius 2 is 2.00 bits per heavy atom. The van der Waals surface area contributed by atoms with Crippen LogP contribution >= 0.6 is 15.9 Å². The second-order valence-electron chi connectivity index (χ2n) is 4.83. The van der Waals surface area contributed by atoms with E-state index >= 15 is 0 Å². The van der Waals surface area contributed by atoms with Gasteiger partial charge < -0.3 is 10.4 Å². The van der Waals surface area contributed by atoms with Gasteiger partial charge in [-0.05, 0) is 64.7 Å². The highest BCUT2D eigenvalue weighted by Crippen LogP contribution is 2.28. The molecule has 0 saturated heterocycles. The maximum absolute atomic E-state index is 12.1. The van der Waals surface area contributed by atoms with E-state index in [1.807, 2.05) is 32.0 Å². The van der Waals surface area contributed by atoms with Crippen molar-refractivity contribution in [1.82, 2.24) is 0 Å². The monoisotopic (exact) mass is 333 g/mol. The van der Waals surface area contributed by atoms with Crippen LogP contribution in [0.25, 0.3) is 0 Å². The second kappa shape index (κ2) is 6.09. The average molecular weight is 334 g/mol. The van der Waals surface area contributed by atoms with E-state index in [1.54, 1.807) is 18.2 Å². The van der Waals surface area contributed by atoms with E-state index in [9.17, 15) is 9.90 Å². The third-order valence-electron chi connectivity index (χ3n) is 2.97. The number of benzene rings is 2. The number of halogens is 1. The summed E-state index contributed by atoms with van der Waals surface area (Å²) in [6.45, 7) is 3.97. The van der Waals surface area contributed by atoms with E-state index in [2.05, 4.69) is 21.2 Å². The number of amides is 1. The number of aromatic hydroxyl groups is 1. The van der Waals surface area contributed by atoms with Crippen LogP contribution in [0.3, 0.4) is 0 Å². The molecule has 0 saturated carbocycles. The van der Waals surface area contributed by atoms with Gasteiger partial charge in [-0.15, -0.1) is 0 Å². The minimum atomic E-state index is -0.108. The maximum atomic E-state index is 12.1. The normalized spacial score (nSPS) is 10.3. The molecule has 0 aliphatic carbocycles. The molecule has 2 N–H and O–H groups in total. The lowest BCUT2D eigenvalue weighted by Crippen LogP contribution is -2.15. The summed E-state index contributed by atoms with van der Waals surface area (Å²) in [5, 5.41) is 12.3. The zero-order chi connectivity index (χ0) is 14.7. The van der Waals surface area contributed by atoms with Crippen molar-refractivity contribution in [3.8, 4) is 5.75 Å². The number of phenolic OH excluding ortho intramolecular Hbond substituents is 1. The Hall–Kier alpha value is -1.81. The molecule has 0 heterocycles. The molecule has 0 unspecified atom stereocenters. The lowest BCUT2D eigenvalue weighted by Gasteiger charge is -2.12. The van der Waals surface area contributed by atoms with Crippen LogP contribution in [0.4, 0.5) is 5.69 Å². The summed E-state index contributed by atoms with van der Waals surface area (Å²) in [5.74, 6) is 0.0613. The molecule has 2 aromatic rings. The highest BCUT2D eigenvalue weighted by Gasteiger charge is 2.10. The fraction of sp³-hybridized carbons (Fsp3) is 0.188. The van der Waals surface area contributed by atoms with Crippen molar-refractivity contribution in [2.75, 3.05) is 5.32 Å². The summed E-state index contributed by atoms with van der Waals surface area (Å²) < 4.78 is 0.874. The molecular weight excluding hydrogens is 318 g/mol. The number of hydrogen-bond acceptors (Lipinski definition) is 2. The van der Waals surface area contributed by atoms with Gasteiger partial charge in [0, 0.05) is 4.47 Å². The summed E-state index contributed by atoms with van der Waals surface area (Å²) in [5.41, 5.74) is 3.73. The van der Waals surface area contributed by atoms with E-state index in [-0.39, 0.29) is 18.1 Å². The van der Waals surface area contributed by atoms with Crippen LogP contribution in [-0.4, -0.2) is 11.0 Å². The molecule has 0 spiro atoms. The van der Waals surface area contributed by atoms with E-state index < -0.39 is 0 Å². The zero-order valence-corrected chi connectivity index (χ0v) is 13.0. The van der Waals surface area contributed by atoms with Crippen molar-refractivity contribution in [2.45, 2.75) is 20.3 Å². The minimum Gasteiger partial charge on any atom is -0.508 e. The molecule has 0 bridgehead atoms. The number of aryl methyl sites for hydroxylation is 2. The number of carbonyl (C=O) groups is 1. The molecule has 0 fully saturated rings. The summed E-state index contributed by atoms with van der Waals surface area (Å²) in [4.78, 5) is 12.1. The number of anilines is 1. The molecule has 0 aliphatic rings. The molecule has 2 rings (SSSR count). The highest BCUT2D eigenvalue weighted by molar-refractivity contribution is 9.10. The lowest BCUT2D eigenvalue weighted by atomic mass is 10.1. The van der Waals surface area contributed by atoms with Gasteiger partial charge in [-0.1, -0.05) is 18.2 Å². The van der Waals surface area contributed by atoms with Crippen LogP contribution in [0.5, 0.6) is 5.75 Å². The topological polar surface area (TPSA) is 49.3 Å². The highest BCUT2D eigenvalue weighted by atomic mass is 79.9. The van der Waals surface area contributed by atoms with Crippen LogP contribution in [0.15, 0.2) is 40.9 Å². The third kappa shape index (κ3) is 3.61. The van der Waals surface area contributed by atoms with E-state index in [4.69, 9.17) is 0 Å². The first kappa shape index (κ1) is 14.6. The van der Waals surface area contributed by atoms with Gasteiger partial charge in [0.05, 0.1) is 12.1 Å². The Morgan fingerprint density at radius 3 is 2.65 bits per heavy atom. The molecule has 0 radical (unpaired) electrons. The van der Waals surface area contributed by atoms with Gasteiger partial charge in [-0.3, -0.25) is 4.79 Å². The average Bonchev–Trinajstić information content (AvgIpc) is 2.33. The first-order valence-corrected chi connectivity index (χ1v) is 7.09. The maximum Gasteiger partial charge on any atom is 0.228 e. The van der Waals surface area contributed by atoms with Crippen LogP contribution < -0.4 is 5.32 Å². The Labute approximate surface area is 126 Å². The number of phenols is 1. The van der Waals surface area contributed by atoms with Crippen molar-refractivity contribution in [3.63, 3.8) is 0 Å². The number of nitrogens with one attached hydrogen (secondary N) is 1. The molecule has 1 amide bonds. The molecule has 4 heteroatoms. The van der Waals surface area contributed by atoms with Gasteiger partial charge in [0.15, 0.2) is 0 Å². The summed E-state index contributed by atoms with van der Waals surface area (Å²) in [6.07, 6.45) is 0.230. The predicted octanol–water partition coefficient (Wildman–Crippen LogP) is 3.95. The van der Waals surface area contributed by atoms with Crippen LogP contribution in [0.2, 0.25) is 0 Å². The SMILES string of the molecule is Cc1cc(C)c(NC(=O)Cc2cccc(O)c2)c(Br)c1. The fourth-order valence-electron chi connectivity index (χ4n) is 2.11. The van der Waals surface area contributed by atoms with Gasteiger partial charge in [-0.25, -0.2) is 0 Å². The lowest BCUT2D eigenvalue weighted by molar-refractivity contribution is -0.115. The molecular formula is C16H16BrNO2. The Balaban J connectivity index is 2.13. The van der Waals surface area contributed by atoms with Crippen LogP contribution in [0, 0.1) is 13.8 Å². The molecule has 104 valence electrons. The number of hydrogen-bond donors (Lipinski definition) is 2. The van der Waals surface area contributed by atoms with Crippen molar-refractivity contribution < 1.29 is 9.90 Å². The van der Waals surface area contributed by atoms with E-state index in [0.717, 1.165) is 26.9 Å². The predicted molar refractivity (Wildman–Crippen MR) is 84.1 cm³/mol. The van der Waals surface area contributed by atoms with Gasteiger partial charge in [-0.2, -0.15) is 0 Å². The molecule has 0 aromatic heterocycles. The number of carbonyl (C=O) groups excluding carboxylic acids is 1. The van der Waals surface area contributed by atoms with Crippen molar-refractivity contribution in [1.29, 1.82) is 0 Å². The van der Waals surface area contributed by atoms with Crippen molar-refractivity contribution >= 4 is 27.5 Å².